The van der Waals surface area contributed by atoms with Crippen LogP contribution in [0.3, 0.4) is 0 Å². The maximum atomic E-state index is 12.9. The SMILES string of the molecule is CCC(C)CCCCCCCCCCCCCCCCCCCCC(=O)O[C@H](COC(=O)CCCCCCCCCCCCCCC(C)C)COP(=O)(O)OP(=O)(O)OC[C@H]1O[C@@H](n2ccc(N)nc2=O)C(O)[C@H]1O. The average molecular weight is 1110 g/mol. The number of phosphoric acid groups is 2. The van der Waals surface area contributed by atoms with Crippen LogP contribution in [0.2, 0.25) is 0 Å². The monoisotopic (exact) mass is 1110 g/mol. The van der Waals surface area contributed by atoms with Crippen molar-refractivity contribution < 1.29 is 66.3 Å². The molecule has 8 atom stereocenters. The molecule has 0 saturated carbocycles. The zero-order valence-corrected chi connectivity index (χ0v) is 48.5. The van der Waals surface area contributed by atoms with Crippen molar-refractivity contribution in [3.05, 3.63) is 22.7 Å². The third kappa shape index (κ3) is 35.1. The van der Waals surface area contributed by atoms with E-state index in [0.717, 1.165) is 67.8 Å². The zero-order valence-electron chi connectivity index (χ0n) is 46.7. The summed E-state index contributed by atoms with van der Waals surface area (Å²) in [5.41, 5.74) is 4.61. The number of hydrogen-bond acceptors (Lipinski definition) is 15. The van der Waals surface area contributed by atoms with E-state index in [9.17, 15) is 43.5 Å². The standard InChI is InChI=1S/C55H103N3O15P2/c1-5-46(4)37-33-29-25-21-17-12-10-8-6-7-9-11-13-19-23-27-31-35-39-51(60)71-47(42-68-50(59)38-34-30-26-22-18-15-14-16-20-24-28-32-36-45(2)3)43-69-74(64,65)73-75(66,67)70-44-48-52(61)53(62)54(72-48)58-41-40-49(56)57-55(58)63/h40-41,45-48,52-54,61-62H,5-39,42-44H2,1-4H3,(H,64,65)(H,66,67)(H2,56,57,63)/t46?,47-,48-,52+,53?,54-/m1/s1. The Hall–Kier alpha value is -2.24. The summed E-state index contributed by atoms with van der Waals surface area (Å²) in [7, 11) is -10.8. The number of phosphoric ester groups is 2. The van der Waals surface area contributed by atoms with E-state index in [1.807, 2.05) is 0 Å². The van der Waals surface area contributed by atoms with Gasteiger partial charge in [0.25, 0.3) is 0 Å². The lowest BCUT2D eigenvalue weighted by Gasteiger charge is -2.21. The van der Waals surface area contributed by atoms with Crippen LogP contribution in [0.15, 0.2) is 17.1 Å². The fourth-order valence-corrected chi connectivity index (χ4v) is 11.4. The quantitative estimate of drug-likeness (QED) is 0.0231. The number of esters is 2. The Morgan fingerprint density at radius 3 is 1.52 bits per heavy atom. The van der Waals surface area contributed by atoms with Gasteiger partial charge in [0, 0.05) is 19.0 Å². The van der Waals surface area contributed by atoms with Crippen LogP contribution in [0.4, 0.5) is 5.82 Å². The van der Waals surface area contributed by atoms with Gasteiger partial charge in [-0.1, -0.05) is 227 Å². The molecule has 1 aromatic heterocycles. The van der Waals surface area contributed by atoms with Crippen LogP contribution in [0.1, 0.15) is 259 Å². The summed E-state index contributed by atoms with van der Waals surface area (Å²) in [4.78, 5) is 62.1. The van der Waals surface area contributed by atoms with Crippen molar-refractivity contribution in [3.8, 4) is 0 Å². The molecule has 20 heteroatoms. The number of nitrogens with zero attached hydrogens (tertiary/aromatic N) is 2. The highest BCUT2D eigenvalue weighted by molar-refractivity contribution is 7.61. The van der Waals surface area contributed by atoms with Gasteiger partial charge in [0.15, 0.2) is 12.3 Å². The minimum Gasteiger partial charge on any atom is -0.462 e. The predicted molar refractivity (Wildman–Crippen MR) is 294 cm³/mol. The fraction of sp³-hybridized carbons (Fsp3) is 0.891. The second-order valence-corrected chi connectivity index (χ2v) is 24.6. The number of nitrogens with two attached hydrogens (primary N) is 1. The summed E-state index contributed by atoms with van der Waals surface area (Å²) in [6.07, 6.45) is 33.2. The average Bonchev–Trinajstić information content (AvgIpc) is 3.64. The Kier molecular flexibility index (Phi) is 38.3. The third-order valence-corrected chi connectivity index (χ3v) is 16.8. The van der Waals surface area contributed by atoms with Gasteiger partial charge in [0.05, 0.1) is 13.2 Å². The molecule has 0 radical (unpaired) electrons. The largest absolute Gasteiger partial charge is 0.481 e. The summed E-state index contributed by atoms with van der Waals surface area (Å²) in [6.45, 7) is 6.90. The number of carbonyl (C=O) groups excluding carboxylic acids is 2. The summed E-state index contributed by atoms with van der Waals surface area (Å²) in [6, 6.07) is 1.25. The molecule has 1 aliphatic heterocycles. The van der Waals surface area contributed by atoms with Crippen LogP contribution in [0.25, 0.3) is 0 Å². The Balaban J connectivity index is 1.73. The van der Waals surface area contributed by atoms with Crippen molar-refractivity contribution in [1.82, 2.24) is 9.55 Å². The van der Waals surface area contributed by atoms with Crippen LogP contribution in [0, 0.1) is 11.8 Å². The Morgan fingerprint density at radius 2 is 1.07 bits per heavy atom. The van der Waals surface area contributed by atoms with Crippen molar-refractivity contribution in [1.29, 1.82) is 0 Å². The molecule has 1 aliphatic rings. The molecule has 0 aromatic carbocycles. The number of unbranched alkanes of at least 4 members (excludes halogenated alkanes) is 28. The highest BCUT2D eigenvalue weighted by Gasteiger charge is 2.46. The Morgan fingerprint density at radius 1 is 0.640 bits per heavy atom. The normalized spacial score (nSPS) is 19.2. The molecule has 75 heavy (non-hydrogen) atoms. The second kappa shape index (κ2) is 41.8. The van der Waals surface area contributed by atoms with Crippen molar-refractivity contribution in [3.63, 3.8) is 0 Å². The van der Waals surface area contributed by atoms with E-state index in [-0.39, 0.29) is 18.7 Å². The van der Waals surface area contributed by atoms with Gasteiger partial charge in [-0.3, -0.25) is 23.2 Å². The van der Waals surface area contributed by atoms with E-state index in [2.05, 4.69) is 37.0 Å². The number of nitrogen functional groups attached to an aromatic ring is 1. The summed E-state index contributed by atoms with van der Waals surface area (Å²) < 4.78 is 57.0. The molecular formula is C55H103N3O15P2. The topological polar surface area (TPSA) is 265 Å². The van der Waals surface area contributed by atoms with Crippen molar-refractivity contribution in [2.75, 3.05) is 25.6 Å². The number of ether oxygens (including phenoxy) is 3. The third-order valence-electron chi connectivity index (χ3n) is 14.2. The fourth-order valence-electron chi connectivity index (χ4n) is 9.24. The number of aromatic nitrogens is 2. The van der Waals surface area contributed by atoms with E-state index in [4.69, 9.17) is 29.0 Å². The van der Waals surface area contributed by atoms with Gasteiger partial charge < -0.3 is 39.9 Å². The molecule has 2 rings (SSSR count). The molecule has 1 aromatic rings. The zero-order chi connectivity index (χ0) is 55.2. The number of aliphatic hydroxyl groups excluding tert-OH is 2. The minimum atomic E-state index is -5.42. The smallest absolute Gasteiger partial charge is 0.462 e. The number of carbonyl (C=O) groups is 2. The van der Waals surface area contributed by atoms with Crippen LogP contribution in [-0.4, -0.2) is 85.7 Å². The molecule has 4 unspecified atom stereocenters. The van der Waals surface area contributed by atoms with E-state index in [1.54, 1.807) is 0 Å². The number of aliphatic hydroxyl groups is 2. The molecule has 0 spiro atoms. The molecule has 2 heterocycles. The lowest BCUT2D eigenvalue weighted by atomic mass is 9.99. The van der Waals surface area contributed by atoms with Crippen molar-refractivity contribution >= 4 is 33.4 Å². The van der Waals surface area contributed by atoms with Crippen LogP contribution >= 0.6 is 15.6 Å². The van der Waals surface area contributed by atoms with Gasteiger partial charge in [0.1, 0.15) is 30.7 Å². The van der Waals surface area contributed by atoms with Gasteiger partial charge in [-0.2, -0.15) is 9.29 Å². The van der Waals surface area contributed by atoms with E-state index >= 15 is 0 Å². The van der Waals surface area contributed by atoms with Gasteiger partial charge in [-0.05, 0) is 30.7 Å². The Labute approximate surface area is 450 Å². The first-order chi connectivity index (χ1) is 35.9. The maximum Gasteiger partial charge on any atom is 0.481 e. The highest BCUT2D eigenvalue weighted by Crippen LogP contribution is 2.60. The molecule has 0 amide bonds. The van der Waals surface area contributed by atoms with Gasteiger partial charge in [-0.25, -0.2) is 13.9 Å². The van der Waals surface area contributed by atoms with Crippen molar-refractivity contribution in [2.45, 2.75) is 283 Å². The van der Waals surface area contributed by atoms with Gasteiger partial charge in [0.2, 0.25) is 0 Å². The summed E-state index contributed by atoms with van der Waals surface area (Å²) >= 11 is 0. The maximum absolute atomic E-state index is 12.9. The molecule has 1 saturated heterocycles. The molecule has 18 nitrogen and oxygen atoms in total. The summed E-state index contributed by atoms with van der Waals surface area (Å²) in [5, 5.41) is 21.0. The molecular weight excluding hydrogens is 1000 g/mol. The van der Waals surface area contributed by atoms with Gasteiger partial charge in [-0.15, -0.1) is 0 Å². The first-order valence-electron chi connectivity index (χ1n) is 29.3. The number of hydrogen-bond donors (Lipinski definition) is 5. The van der Waals surface area contributed by atoms with Crippen LogP contribution in [0.5, 0.6) is 0 Å². The molecule has 438 valence electrons. The second-order valence-electron chi connectivity index (χ2n) is 21.6. The summed E-state index contributed by atoms with van der Waals surface area (Å²) in [5.74, 6) is 0.379. The van der Waals surface area contributed by atoms with E-state index in [0.29, 0.717) is 12.8 Å². The first kappa shape index (κ1) is 68.9. The molecule has 0 aliphatic carbocycles. The Bertz CT molecular complexity index is 1790. The minimum absolute atomic E-state index is 0.0579. The lowest BCUT2D eigenvalue weighted by Crippen LogP contribution is -2.36. The predicted octanol–water partition coefficient (Wildman–Crippen LogP) is 13.1. The van der Waals surface area contributed by atoms with Crippen LogP contribution in [-0.2, 0) is 46.3 Å². The van der Waals surface area contributed by atoms with E-state index < -0.39 is 83.7 Å². The number of anilines is 1. The van der Waals surface area contributed by atoms with Crippen LogP contribution < -0.4 is 11.4 Å². The lowest BCUT2D eigenvalue weighted by molar-refractivity contribution is -0.161. The molecule has 0 bridgehead atoms. The van der Waals surface area contributed by atoms with Gasteiger partial charge >= 0.3 is 33.3 Å². The van der Waals surface area contributed by atoms with E-state index in [1.165, 1.54) is 160 Å². The number of rotatable bonds is 49. The molecule has 1 fully saturated rings. The van der Waals surface area contributed by atoms with Crippen molar-refractivity contribution in [2.24, 2.45) is 11.8 Å². The molecule has 6 N–H and O–H groups in total. The first-order valence-corrected chi connectivity index (χ1v) is 32.3. The highest BCUT2D eigenvalue weighted by atomic mass is 31.3.